The third-order valence-corrected chi connectivity index (χ3v) is 5.63. The van der Waals surface area contributed by atoms with E-state index in [2.05, 4.69) is 21.0 Å². The molecular weight excluding hydrogens is 352 g/mol. The molecule has 1 unspecified atom stereocenters. The maximum Gasteiger partial charge on any atom is 0.270 e. The summed E-state index contributed by atoms with van der Waals surface area (Å²) in [5.41, 5.74) is 4.70. The van der Waals surface area contributed by atoms with E-state index >= 15 is 0 Å². The molecular formula is C22H22N4O2. The molecule has 28 heavy (non-hydrogen) atoms. The first kappa shape index (κ1) is 16.9. The van der Waals surface area contributed by atoms with Crippen LogP contribution in [0.2, 0.25) is 0 Å². The molecule has 5 rings (SSSR count). The second-order valence-electron chi connectivity index (χ2n) is 7.36. The highest BCUT2D eigenvalue weighted by Crippen LogP contribution is 2.30. The number of ether oxygens (including phenoxy) is 1. The summed E-state index contributed by atoms with van der Waals surface area (Å²) in [6.45, 7) is 1.48. The normalized spacial score (nSPS) is 17.3. The minimum Gasteiger partial charge on any atom is -0.496 e. The Kier molecular flexibility index (Phi) is 4.04. The molecule has 0 radical (unpaired) electrons. The molecule has 6 nitrogen and oxygen atoms in total. The van der Waals surface area contributed by atoms with Gasteiger partial charge in [0.1, 0.15) is 11.4 Å². The molecule has 1 atom stereocenters. The minimum atomic E-state index is 0.0391. The molecule has 1 aliphatic heterocycles. The van der Waals surface area contributed by atoms with Gasteiger partial charge in [-0.25, -0.2) is 0 Å². The summed E-state index contributed by atoms with van der Waals surface area (Å²) in [7, 11) is 1.65. The van der Waals surface area contributed by atoms with Gasteiger partial charge in [0.25, 0.3) is 5.91 Å². The fourth-order valence-corrected chi connectivity index (χ4v) is 4.20. The van der Waals surface area contributed by atoms with Gasteiger partial charge in [-0.3, -0.25) is 9.78 Å². The van der Waals surface area contributed by atoms with Crippen LogP contribution in [0.3, 0.4) is 0 Å². The molecule has 1 saturated heterocycles. The number of hydrogen-bond acceptors (Lipinski definition) is 3. The largest absolute Gasteiger partial charge is 0.496 e. The summed E-state index contributed by atoms with van der Waals surface area (Å²) < 4.78 is 5.41. The van der Waals surface area contributed by atoms with Crippen molar-refractivity contribution in [2.75, 3.05) is 20.2 Å². The fourth-order valence-electron chi connectivity index (χ4n) is 4.20. The predicted octanol–water partition coefficient (Wildman–Crippen LogP) is 4.07. The van der Waals surface area contributed by atoms with Crippen molar-refractivity contribution in [1.29, 1.82) is 0 Å². The number of rotatable bonds is 3. The van der Waals surface area contributed by atoms with Gasteiger partial charge in [0, 0.05) is 41.8 Å². The quantitative estimate of drug-likeness (QED) is 0.568. The number of hydrogen-bond donors (Lipinski definition) is 2. The van der Waals surface area contributed by atoms with Crippen molar-refractivity contribution in [2.45, 2.75) is 18.8 Å². The lowest BCUT2D eigenvalue weighted by molar-refractivity contribution is 0.0701. The number of carbonyl (C=O) groups is 1. The molecule has 1 amide bonds. The summed E-state index contributed by atoms with van der Waals surface area (Å²) in [5.74, 6) is 1.11. The minimum absolute atomic E-state index is 0.0391. The zero-order valence-corrected chi connectivity index (χ0v) is 15.7. The van der Waals surface area contributed by atoms with Gasteiger partial charge in [-0.2, -0.15) is 0 Å². The first-order chi connectivity index (χ1) is 13.7. The first-order valence-electron chi connectivity index (χ1n) is 9.61. The van der Waals surface area contributed by atoms with Gasteiger partial charge in [-0.15, -0.1) is 0 Å². The van der Waals surface area contributed by atoms with Gasteiger partial charge >= 0.3 is 0 Å². The smallest absolute Gasteiger partial charge is 0.270 e. The second-order valence-corrected chi connectivity index (χ2v) is 7.36. The summed E-state index contributed by atoms with van der Waals surface area (Å²) >= 11 is 0. The van der Waals surface area contributed by atoms with Crippen LogP contribution in [0.5, 0.6) is 5.75 Å². The van der Waals surface area contributed by atoms with Crippen LogP contribution in [0.1, 0.15) is 34.9 Å². The Labute approximate surface area is 162 Å². The summed E-state index contributed by atoms with van der Waals surface area (Å²) in [6, 6.07) is 13.8. The standard InChI is InChI=1S/C22H22N4O2/c1-28-21-8-2-6-16-15(21)11-20(24-16)22(27)26-10-4-5-14(13-26)18-12-19-17(25-18)7-3-9-23-19/h2-3,6-9,11-12,14,24-25H,4-5,10,13H2,1H3. The van der Waals surface area contributed by atoms with Gasteiger partial charge in [0.2, 0.25) is 0 Å². The van der Waals surface area contributed by atoms with Crippen molar-refractivity contribution in [1.82, 2.24) is 19.9 Å². The average molecular weight is 374 g/mol. The summed E-state index contributed by atoms with van der Waals surface area (Å²) in [6.07, 6.45) is 3.86. The Morgan fingerprint density at radius 2 is 2.07 bits per heavy atom. The molecule has 2 N–H and O–H groups in total. The number of aromatic nitrogens is 3. The molecule has 1 aliphatic rings. The van der Waals surface area contributed by atoms with E-state index in [0.717, 1.165) is 52.8 Å². The Hall–Kier alpha value is -3.28. The highest BCUT2D eigenvalue weighted by atomic mass is 16.5. The number of amides is 1. The zero-order chi connectivity index (χ0) is 19.1. The zero-order valence-electron chi connectivity index (χ0n) is 15.7. The predicted molar refractivity (Wildman–Crippen MR) is 109 cm³/mol. The highest BCUT2D eigenvalue weighted by Gasteiger charge is 2.27. The fraction of sp³-hybridized carbons (Fsp3) is 0.273. The number of nitrogens with zero attached hydrogens (tertiary/aromatic N) is 2. The topological polar surface area (TPSA) is 74.0 Å². The first-order valence-corrected chi connectivity index (χ1v) is 9.61. The molecule has 6 heteroatoms. The molecule has 4 heterocycles. The van der Waals surface area contributed by atoms with Crippen LogP contribution in [-0.4, -0.2) is 46.0 Å². The maximum atomic E-state index is 13.1. The average Bonchev–Trinajstić information content (AvgIpc) is 3.37. The Balaban J connectivity index is 1.40. The van der Waals surface area contributed by atoms with Crippen molar-refractivity contribution in [3.8, 4) is 5.75 Å². The summed E-state index contributed by atoms with van der Waals surface area (Å²) in [4.78, 5) is 26.2. The highest BCUT2D eigenvalue weighted by molar-refractivity contribution is 5.99. The second kappa shape index (κ2) is 6.71. The van der Waals surface area contributed by atoms with Crippen molar-refractivity contribution >= 4 is 27.8 Å². The van der Waals surface area contributed by atoms with Gasteiger partial charge < -0.3 is 19.6 Å². The molecule has 3 aromatic heterocycles. The Morgan fingerprint density at radius 3 is 2.93 bits per heavy atom. The van der Waals surface area contributed by atoms with Crippen LogP contribution >= 0.6 is 0 Å². The molecule has 0 aliphatic carbocycles. The van der Waals surface area contributed by atoms with Gasteiger partial charge in [0.05, 0.1) is 18.1 Å². The molecule has 1 fully saturated rings. The molecule has 4 aromatic rings. The Bertz CT molecular complexity index is 1130. The lowest BCUT2D eigenvalue weighted by Gasteiger charge is -2.32. The number of H-pyrrole nitrogens is 2. The van der Waals surface area contributed by atoms with E-state index in [9.17, 15) is 4.79 Å². The van der Waals surface area contributed by atoms with E-state index in [1.807, 2.05) is 41.3 Å². The van der Waals surface area contributed by atoms with Crippen LogP contribution in [0.25, 0.3) is 21.9 Å². The number of benzene rings is 1. The van der Waals surface area contributed by atoms with Crippen molar-refractivity contribution in [2.24, 2.45) is 0 Å². The molecule has 142 valence electrons. The van der Waals surface area contributed by atoms with Gasteiger partial charge in [0.15, 0.2) is 0 Å². The number of nitrogens with one attached hydrogen (secondary N) is 2. The number of fused-ring (bicyclic) bond motifs is 2. The number of carbonyl (C=O) groups excluding carboxylic acids is 1. The van der Waals surface area contributed by atoms with Crippen LogP contribution in [0.4, 0.5) is 0 Å². The van der Waals surface area contributed by atoms with Crippen LogP contribution in [0, 0.1) is 0 Å². The molecule has 0 spiro atoms. The van der Waals surface area contributed by atoms with E-state index in [0.29, 0.717) is 18.2 Å². The molecule has 0 saturated carbocycles. The van der Waals surface area contributed by atoms with Crippen LogP contribution in [0.15, 0.2) is 48.7 Å². The molecule has 1 aromatic carbocycles. The summed E-state index contributed by atoms with van der Waals surface area (Å²) in [5, 5.41) is 0.934. The van der Waals surface area contributed by atoms with E-state index in [-0.39, 0.29) is 5.91 Å². The Morgan fingerprint density at radius 1 is 1.18 bits per heavy atom. The van der Waals surface area contributed by atoms with E-state index in [4.69, 9.17) is 4.74 Å². The maximum absolute atomic E-state index is 13.1. The number of aromatic amines is 2. The third kappa shape index (κ3) is 2.81. The number of piperidine rings is 1. The molecule has 0 bridgehead atoms. The third-order valence-electron chi connectivity index (χ3n) is 5.63. The van der Waals surface area contributed by atoms with E-state index in [1.165, 1.54) is 0 Å². The van der Waals surface area contributed by atoms with E-state index < -0.39 is 0 Å². The number of methoxy groups -OCH3 is 1. The van der Waals surface area contributed by atoms with Crippen molar-refractivity contribution in [3.63, 3.8) is 0 Å². The van der Waals surface area contributed by atoms with Crippen LogP contribution in [-0.2, 0) is 0 Å². The number of pyridine rings is 1. The lowest BCUT2D eigenvalue weighted by atomic mass is 9.94. The van der Waals surface area contributed by atoms with Gasteiger partial charge in [-0.05, 0) is 49.2 Å². The van der Waals surface area contributed by atoms with E-state index in [1.54, 1.807) is 13.3 Å². The number of likely N-dealkylation sites (tertiary alicyclic amines) is 1. The van der Waals surface area contributed by atoms with Crippen molar-refractivity contribution in [3.05, 3.63) is 60.0 Å². The lowest BCUT2D eigenvalue weighted by Crippen LogP contribution is -2.39. The SMILES string of the molecule is COc1cccc2[nH]c(C(=O)N3CCCC(c4cc5ncccc5[nH]4)C3)cc12. The van der Waals surface area contributed by atoms with Crippen LogP contribution < -0.4 is 4.74 Å². The monoisotopic (exact) mass is 374 g/mol. The van der Waals surface area contributed by atoms with Crippen molar-refractivity contribution < 1.29 is 9.53 Å². The van der Waals surface area contributed by atoms with Gasteiger partial charge in [-0.1, -0.05) is 6.07 Å².